The van der Waals surface area contributed by atoms with Crippen LogP contribution in [0.3, 0.4) is 0 Å². The molecule has 0 unspecified atom stereocenters. The van der Waals surface area contributed by atoms with Crippen LogP contribution >= 0.6 is 11.6 Å². The van der Waals surface area contributed by atoms with E-state index in [0.717, 1.165) is 17.4 Å². The van der Waals surface area contributed by atoms with Gasteiger partial charge in [0.25, 0.3) is 0 Å². The van der Waals surface area contributed by atoms with Crippen molar-refractivity contribution in [1.29, 1.82) is 0 Å². The van der Waals surface area contributed by atoms with Crippen molar-refractivity contribution in [3.8, 4) is 5.75 Å². The Morgan fingerprint density at radius 2 is 1.89 bits per heavy atom. The molecule has 0 N–H and O–H groups in total. The Labute approximate surface area is 115 Å². The molecular weight excluding hydrogens is 267 g/mol. The standard InChI is InChI=1S/C15H12ClFO2/c1-19-12-5-2-10(3-6-12)8-15(18)11-4-7-13(16)14(17)9-11/h2-7,9H,8H2,1H3. The SMILES string of the molecule is COc1ccc(CC(=O)c2ccc(Cl)c(F)c2)cc1. The number of halogens is 2. The van der Waals surface area contributed by atoms with Gasteiger partial charge in [0.05, 0.1) is 12.1 Å². The summed E-state index contributed by atoms with van der Waals surface area (Å²) in [6.07, 6.45) is 0.213. The van der Waals surface area contributed by atoms with Gasteiger partial charge in [0.2, 0.25) is 0 Å². The van der Waals surface area contributed by atoms with E-state index in [1.807, 2.05) is 12.1 Å². The van der Waals surface area contributed by atoms with Crippen molar-refractivity contribution in [1.82, 2.24) is 0 Å². The summed E-state index contributed by atoms with van der Waals surface area (Å²) in [5.74, 6) is -0.00304. The first-order valence-electron chi connectivity index (χ1n) is 5.71. The zero-order valence-electron chi connectivity index (χ0n) is 10.3. The number of ether oxygens (including phenoxy) is 1. The summed E-state index contributed by atoms with van der Waals surface area (Å²) >= 11 is 5.58. The van der Waals surface area contributed by atoms with E-state index in [2.05, 4.69) is 0 Å². The Hall–Kier alpha value is -1.87. The smallest absolute Gasteiger partial charge is 0.167 e. The Morgan fingerprint density at radius 1 is 1.21 bits per heavy atom. The van der Waals surface area contributed by atoms with E-state index in [9.17, 15) is 9.18 Å². The van der Waals surface area contributed by atoms with Crippen LogP contribution in [-0.4, -0.2) is 12.9 Å². The van der Waals surface area contributed by atoms with Gasteiger partial charge >= 0.3 is 0 Å². The first-order valence-corrected chi connectivity index (χ1v) is 6.09. The molecule has 0 bridgehead atoms. The van der Waals surface area contributed by atoms with E-state index >= 15 is 0 Å². The maximum atomic E-state index is 13.3. The molecular formula is C15H12ClFO2. The summed E-state index contributed by atoms with van der Waals surface area (Å²) in [6.45, 7) is 0. The van der Waals surface area contributed by atoms with Crippen LogP contribution in [0, 0.1) is 5.82 Å². The van der Waals surface area contributed by atoms with E-state index < -0.39 is 5.82 Å². The van der Waals surface area contributed by atoms with Gasteiger partial charge in [-0.25, -0.2) is 4.39 Å². The number of carbonyl (C=O) groups excluding carboxylic acids is 1. The van der Waals surface area contributed by atoms with E-state index in [1.54, 1.807) is 19.2 Å². The highest BCUT2D eigenvalue weighted by molar-refractivity contribution is 6.30. The molecule has 2 aromatic carbocycles. The molecule has 4 heteroatoms. The summed E-state index contributed by atoms with van der Waals surface area (Å²) in [5.41, 5.74) is 1.17. The lowest BCUT2D eigenvalue weighted by Gasteiger charge is -2.04. The van der Waals surface area contributed by atoms with Crippen LogP contribution in [0.1, 0.15) is 15.9 Å². The Bertz CT molecular complexity index is 594. The maximum Gasteiger partial charge on any atom is 0.167 e. The van der Waals surface area contributed by atoms with Crippen LogP contribution in [0.4, 0.5) is 4.39 Å². The largest absolute Gasteiger partial charge is 0.497 e. The monoisotopic (exact) mass is 278 g/mol. The van der Waals surface area contributed by atoms with Crippen molar-refractivity contribution >= 4 is 17.4 Å². The molecule has 2 nitrogen and oxygen atoms in total. The predicted octanol–water partition coefficient (Wildman–Crippen LogP) is 3.91. The number of ketones is 1. The molecule has 2 aromatic rings. The highest BCUT2D eigenvalue weighted by Crippen LogP contribution is 2.18. The van der Waals surface area contributed by atoms with E-state index in [4.69, 9.17) is 16.3 Å². The van der Waals surface area contributed by atoms with Crippen molar-refractivity contribution in [3.05, 3.63) is 64.4 Å². The number of methoxy groups -OCH3 is 1. The molecule has 0 aliphatic rings. The number of carbonyl (C=O) groups is 1. The van der Waals surface area contributed by atoms with E-state index in [-0.39, 0.29) is 17.2 Å². The van der Waals surface area contributed by atoms with Gasteiger partial charge in [-0.2, -0.15) is 0 Å². The second-order valence-corrected chi connectivity index (χ2v) is 4.48. The predicted molar refractivity (Wildman–Crippen MR) is 72.4 cm³/mol. The maximum absolute atomic E-state index is 13.3. The quantitative estimate of drug-likeness (QED) is 0.793. The Balaban J connectivity index is 2.13. The van der Waals surface area contributed by atoms with Crippen molar-refractivity contribution in [2.45, 2.75) is 6.42 Å². The number of rotatable bonds is 4. The first-order chi connectivity index (χ1) is 9.10. The Morgan fingerprint density at radius 3 is 2.47 bits per heavy atom. The molecule has 0 saturated heterocycles. The number of Topliss-reactive ketones (excluding diaryl/α,β-unsaturated/α-hetero) is 1. The zero-order valence-corrected chi connectivity index (χ0v) is 11.1. The van der Waals surface area contributed by atoms with Crippen LogP contribution in [-0.2, 0) is 6.42 Å². The first kappa shape index (κ1) is 13.6. The molecule has 0 aromatic heterocycles. The zero-order chi connectivity index (χ0) is 13.8. The molecule has 0 fully saturated rings. The fourth-order valence-electron chi connectivity index (χ4n) is 1.70. The summed E-state index contributed by atoms with van der Waals surface area (Å²) in [4.78, 5) is 12.0. The molecule has 0 aliphatic heterocycles. The molecule has 0 heterocycles. The summed E-state index contributed by atoms with van der Waals surface area (Å²) in [7, 11) is 1.58. The fourth-order valence-corrected chi connectivity index (χ4v) is 1.82. The third kappa shape index (κ3) is 3.32. The third-order valence-corrected chi connectivity index (χ3v) is 3.07. The third-order valence-electron chi connectivity index (χ3n) is 2.77. The normalized spacial score (nSPS) is 10.3. The molecule has 19 heavy (non-hydrogen) atoms. The van der Waals surface area contributed by atoms with E-state index in [1.165, 1.54) is 12.1 Å². The molecule has 0 amide bonds. The Kier molecular flexibility index (Phi) is 4.17. The van der Waals surface area contributed by atoms with Gasteiger partial charge in [0.1, 0.15) is 11.6 Å². The number of hydrogen-bond donors (Lipinski definition) is 0. The average Bonchev–Trinajstić information content (AvgIpc) is 2.42. The highest BCUT2D eigenvalue weighted by atomic mass is 35.5. The van der Waals surface area contributed by atoms with Crippen molar-refractivity contribution in [3.63, 3.8) is 0 Å². The average molecular weight is 279 g/mol. The van der Waals surface area contributed by atoms with Crippen LogP contribution in [0.15, 0.2) is 42.5 Å². The summed E-state index contributed by atoms with van der Waals surface area (Å²) < 4.78 is 18.3. The van der Waals surface area contributed by atoms with Gasteiger partial charge in [-0.15, -0.1) is 0 Å². The molecule has 0 aliphatic carbocycles. The van der Waals surface area contributed by atoms with E-state index in [0.29, 0.717) is 5.56 Å². The topological polar surface area (TPSA) is 26.3 Å². The second kappa shape index (κ2) is 5.85. The highest BCUT2D eigenvalue weighted by Gasteiger charge is 2.10. The molecule has 98 valence electrons. The van der Waals surface area contributed by atoms with Gasteiger partial charge in [-0.1, -0.05) is 23.7 Å². The fraction of sp³-hybridized carbons (Fsp3) is 0.133. The molecule has 0 radical (unpaired) electrons. The second-order valence-electron chi connectivity index (χ2n) is 4.08. The minimum absolute atomic E-state index is 0.0148. The minimum Gasteiger partial charge on any atom is -0.497 e. The van der Waals surface area contributed by atoms with Gasteiger partial charge in [0, 0.05) is 12.0 Å². The lowest BCUT2D eigenvalue weighted by molar-refractivity contribution is 0.0992. The summed E-state index contributed by atoms with van der Waals surface area (Å²) in [5, 5.41) is 0.0148. The van der Waals surface area contributed by atoms with Gasteiger partial charge in [0.15, 0.2) is 5.78 Å². The lowest BCUT2D eigenvalue weighted by Crippen LogP contribution is -2.04. The minimum atomic E-state index is -0.581. The molecule has 0 spiro atoms. The number of hydrogen-bond acceptors (Lipinski definition) is 2. The van der Waals surface area contributed by atoms with Gasteiger partial charge in [-0.3, -0.25) is 4.79 Å². The summed E-state index contributed by atoms with van der Waals surface area (Å²) in [6, 6.07) is 11.3. The van der Waals surface area contributed by atoms with Crippen LogP contribution < -0.4 is 4.74 Å². The van der Waals surface area contributed by atoms with Gasteiger partial charge < -0.3 is 4.74 Å². The number of benzene rings is 2. The van der Waals surface area contributed by atoms with Crippen LogP contribution in [0.25, 0.3) is 0 Å². The molecule has 2 rings (SSSR count). The lowest BCUT2D eigenvalue weighted by atomic mass is 10.0. The molecule has 0 saturated carbocycles. The van der Waals surface area contributed by atoms with Crippen molar-refractivity contribution in [2.24, 2.45) is 0 Å². The van der Waals surface area contributed by atoms with Crippen molar-refractivity contribution in [2.75, 3.05) is 7.11 Å². The molecule has 0 atom stereocenters. The van der Waals surface area contributed by atoms with Crippen molar-refractivity contribution < 1.29 is 13.9 Å². The van der Waals surface area contributed by atoms with Crippen LogP contribution in [0.5, 0.6) is 5.75 Å². The van der Waals surface area contributed by atoms with Crippen LogP contribution in [0.2, 0.25) is 5.02 Å². The van der Waals surface area contributed by atoms with Gasteiger partial charge in [-0.05, 0) is 35.9 Å².